The number of hydrogen-bond acceptors (Lipinski definition) is 5. The smallest absolute Gasteiger partial charge is 0.242 e. The van der Waals surface area contributed by atoms with Crippen molar-refractivity contribution in [2.24, 2.45) is 0 Å². The third kappa shape index (κ3) is 6.34. The number of sulfonamides is 1. The molecule has 0 saturated heterocycles. The number of likely N-dealkylation sites (N-methyl/N-ethyl adjacent to an activating group) is 1. The first-order chi connectivity index (χ1) is 14.0. The molecule has 0 atom stereocenters. The molecule has 0 unspecified atom stereocenters. The number of carbonyl (C=O) groups is 2. The highest BCUT2D eigenvalue weighted by atomic mass is 32.2. The van der Waals surface area contributed by atoms with Crippen LogP contribution in [0.4, 0.5) is 15.8 Å². The van der Waals surface area contributed by atoms with Gasteiger partial charge >= 0.3 is 0 Å². The molecule has 2 amide bonds. The quantitative estimate of drug-likeness (QED) is 0.659. The number of carbonyl (C=O) groups excluding carboxylic acids is 2. The summed E-state index contributed by atoms with van der Waals surface area (Å²) in [5, 5.41) is 5.23. The summed E-state index contributed by atoms with van der Waals surface area (Å²) < 4.78 is 38.9. The summed E-state index contributed by atoms with van der Waals surface area (Å²) in [5.74, 6) is -1.26. The summed E-state index contributed by atoms with van der Waals surface area (Å²) in [6, 6.07) is 10.00. The van der Waals surface area contributed by atoms with Crippen LogP contribution in [0.15, 0.2) is 47.4 Å². The van der Waals surface area contributed by atoms with E-state index in [0.717, 1.165) is 4.31 Å². The van der Waals surface area contributed by atoms with Gasteiger partial charge in [-0.05, 0) is 49.9 Å². The average molecular weight is 437 g/mol. The number of hydrogen-bond donors (Lipinski definition) is 2. The Morgan fingerprint density at radius 1 is 0.967 bits per heavy atom. The first kappa shape index (κ1) is 23.5. The number of amides is 2. The van der Waals surface area contributed by atoms with E-state index < -0.39 is 27.7 Å². The van der Waals surface area contributed by atoms with Gasteiger partial charge in [0.15, 0.2) is 0 Å². The van der Waals surface area contributed by atoms with E-state index in [1.54, 1.807) is 26.1 Å². The SMILES string of the molecule is Cc1ccc(S(=O)(=O)N(C)C)cc1NC(=O)CN(C)CC(=O)Nc1cccc(F)c1. The second kappa shape index (κ2) is 9.79. The van der Waals surface area contributed by atoms with Gasteiger partial charge in [-0.3, -0.25) is 14.5 Å². The van der Waals surface area contributed by atoms with E-state index in [4.69, 9.17) is 0 Å². The zero-order valence-electron chi connectivity index (χ0n) is 17.3. The lowest BCUT2D eigenvalue weighted by molar-refractivity contribution is -0.119. The monoisotopic (exact) mass is 436 g/mol. The largest absolute Gasteiger partial charge is 0.325 e. The Hall–Kier alpha value is -2.82. The van der Waals surface area contributed by atoms with Gasteiger partial charge in [0.1, 0.15) is 5.82 Å². The lowest BCUT2D eigenvalue weighted by Gasteiger charge is -2.17. The molecule has 30 heavy (non-hydrogen) atoms. The Morgan fingerprint density at radius 2 is 1.60 bits per heavy atom. The lowest BCUT2D eigenvalue weighted by Crippen LogP contribution is -2.36. The number of benzene rings is 2. The summed E-state index contributed by atoms with van der Waals surface area (Å²) in [6.45, 7) is 1.57. The topological polar surface area (TPSA) is 98.8 Å². The Kier molecular flexibility index (Phi) is 7.65. The van der Waals surface area contributed by atoms with Gasteiger partial charge in [-0.25, -0.2) is 17.1 Å². The van der Waals surface area contributed by atoms with Gasteiger partial charge in [0.05, 0.1) is 18.0 Å². The van der Waals surface area contributed by atoms with Gasteiger partial charge in [-0.15, -0.1) is 0 Å². The lowest BCUT2D eigenvalue weighted by atomic mass is 10.2. The molecule has 0 spiro atoms. The molecule has 0 aliphatic heterocycles. The predicted molar refractivity (Wildman–Crippen MR) is 113 cm³/mol. The number of aryl methyl sites for hydroxylation is 1. The van der Waals surface area contributed by atoms with Crippen molar-refractivity contribution in [2.75, 3.05) is 44.9 Å². The van der Waals surface area contributed by atoms with Crippen LogP contribution in [0.3, 0.4) is 0 Å². The van der Waals surface area contributed by atoms with Crippen molar-refractivity contribution in [2.45, 2.75) is 11.8 Å². The number of nitrogens with zero attached hydrogens (tertiary/aromatic N) is 2. The maximum atomic E-state index is 13.2. The van der Waals surface area contributed by atoms with Crippen molar-refractivity contribution < 1.29 is 22.4 Å². The van der Waals surface area contributed by atoms with Gasteiger partial charge in [-0.2, -0.15) is 0 Å². The van der Waals surface area contributed by atoms with Gasteiger partial charge in [-0.1, -0.05) is 12.1 Å². The molecule has 8 nitrogen and oxygen atoms in total. The third-order valence-electron chi connectivity index (χ3n) is 4.20. The highest BCUT2D eigenvalue weighted by molar-refractivity contribution is 7.89. The second-order valence-corrected chi connectivity index (χ2v) is 9.19. The molecule has 2 N–H and O–H groups in total. The molecule has 0 saturated carbocycles. The minimum absolute atomic E-state index is 0.0659. The Labute approximate surface area is 175 Å². The Bertz CT molecular complexity index is 1040. The highest BCUT2D eigenvalue weighted by Crippen LogP contribution is 2.22. The minimum atomic E-state index is -3.63. The molecular weight excluding hydrogens is 411 g/mol. The number of nitrogens with one attached hydrogen (secondary N) is 2. The number of rotatable bonds is 8. The summed E-state index contributed by atoms with van der Waals surface area (Å²) in [7, 11) is 0.812. The van der Waals surface area contributed by atoms with Crippen LogP contribution in [0.2, 0.25) is 0 Å². The summed E-state index contributed by atoms with van der Waals surface area (Å²) >= 11 is 0. The zero-order valence-corrected chi connectivity index (χ0v) is 18.1. The van der Waals surface area contributed by atoms with Gasteiger partial charge in [0, 0.05) is 25.5 Å². The highest BCUT2D eigenvalue weighted by Gasteiger charge is 2.19. The van der Waals surface area contributed by atoms with Crippen molar-refractivity contribution in [3.63, 3.8) is 0 Å². The number of anilines is 2. The van der Waals surface area contributed by atoms with E-state index in [1.165, 1.54) is 49.3 Å². The summed E-state index contributed by atoms with van der Waals surface area (Å²) in [4.78, 5) is 26.0. The van der Waals surface area contributed by atoms with Crippen molar-refractivity contribution >= 4 is 33.2 Å². The van der Waals surface area contributed by atoms with E-state index in [-0.39, 0.29) is 18.0 Å². The minimum Gasteiger partial charge on any atom is -0.325 e. The van der Waals surface area contributed by atoms with E-state index in [1.807, 2.05) is 0 Å². The maximum absolute atomic E-state index is 13.2. The molecule has 0 aliphatic carbocycles. The molecule has 0 aromatic heterocycles. The van der Waals surface area contributed by atoms with Gasteiger partial charge in [0.2, 0.25) is 21.8 Å². The average Bonchev–Trinajstić information content (AvgIpc) is 2.62. The zero-order chi connectivity index (χ0) is 22.5. The van der Waals surface area contributed by atoms with Crippen molar-refractivity contribution in [3.8, 4) is 0 Å². The van der Waals surface area contributed by atoms with Crippen LogP contribution in [-0.4, -0.2) is 63.7 Å². The molecule has 162 valence electrons. The van der Waals surface area contributed by atoms with Crippen LogP contribution in [0.1, 0.15) is 5.56 Å². The van der Waals surface area contributed by atoms with Crippen LogP contribution in [0, 0.1) is 12.7 Å². The molecule has 0 aliphatic rings. The molecule has 0 heterocycles. The molecule has 0 bridgehead atoms. The van der Waals surface area contributed by atoms with E-state index in [0.29, 0.717) is 16.9 Å². The van der Waals surface area contributed by atoms with Gasteiger partial charge in [0.25, 0.3) is 0 Å². The van der Waals surface area contributed by atoms with Gasteiger partial charge < -0.3 is 10.6 Å². The van der Waals surface area contributed by atoms with Crippen molar-refractivity contribution in [1.82, 2.24) is 9.21 Å². The Morgan fingerprint density at radius 3 is 2.20 bits per heavy atom. The van der Waals surface area contributed by atoms with Crippen LogP contribution in [0.25, 0.3) is 0 Å². The molecule has 0 fully saturated rings. The molecule has 0 radical (unpaired) electrons. The summed E-state index contributed by atoms with van der Waals surface area (Å²) in [5.41, 5.74) is 1.40. The third-order valence-corrected chi connectivity index (χ3v) is 6.01. The van der Waals surface area contributed by atoms with Crippen molar-refractivity contribution in [3.05, 3.63) is 53.8 Å². The van der Waals surface area contributed by atoms with E-state index in [2.05, 4.69) is 10.6 Å². The fourth-order valence-electron chi connectivity index (χ4n) is 2.61. The van der Waals surface area contributed by atoms with Crippen LogP contribution >= 0.6 is 0 Å². The van der Waals surface area contributed by atoms with Crippen LogP contribution < -0.4 is 10.6 Å². The molecular formula is C20H25FN4O4S. The number of halogens is 1. The second-order valence-electron chi connectivity index (χ2n) is 7.04. The Balaban J connectivity index is 1.97. The van der Waals surface area contributed by atoms with Crippen LogP contribution in [-0.2, 0) is 19.6 Å². The standard InChI is InChI=1S/C20H25FN4O4S/c1-14-8-9-17(30(28,29)24(2)3)11-18(14)23-20(27)13-25(4)12-19(26)22-16-7-5-6-15(21)10-16/h5-11H,12-13H2,1-4H3,(H,22,26)(H,23,27). The predicted octanol–water partition coefficient (Wildman–Crippen LogP) is 1.89. The first-order valence-electron chi connectivity index (χ1n) is 9.06. The van der Waals surface area contributed by atoms with Crippen LogP contribution in [0.5, 0.6) is 0 Å². The first-order valence-corrected chi connectivity index (χ1v) is 10.5. The normalized spacial score (nSPS) is 11.6. The van der Waals surface area contributed by atoms with Crippen molar-refractivity contribution in [1.29, 1.82) is 0 Å². The maximum Gasteiger partial charge on any atom is 0.242 e. The molecule has 10 heteroatoms. The van der Waals surface area contributed by atoms with E-state index >= 15 is 0 Å². The fraction of sp³-hybridized carbons (Fsp3) is 0.300. The fourth-order valence-corrected chi connectivity index (χ4v) is 3.54. The molecule has 2 rings (SSSR count). The molecule has 2 aromatic rings. The summed E-state index contributed by atoms with van der Waals surface area (Å²) in [6.07, 6.45) is 0. The van der Waals surface area contributed by atoms with E-state index in [9.17, 15) is 22.4 Å². The molecule has 2 aromatic carbocycles.